The van der Waals surface area contributed by atoms with Gasteiger partial charge in [0.2, 0.25) is 0 Å². The summed E-state index contributed by atoms with van der Waals surface area (Å²) < 4.78 is 41.3. The van der Waals surface area contributed by atoms with Crippen molar-refractivity contribution in [2.75, 3.05) is 32.2 Å². The Balaban J connectivity index is 0. The minimum Gasteiger partial charge on any atom is -0.748 e. The van der Waals surface area contributed by atoms with Crippen LogP contribution in [0, 0.1) is 0 Å². The van der Waals surface area contributed by atoms with Crippen LogP contribution < -0.4 is 29.6 Å². The summed E-state index contributed by atoms with van der Waals surface area (Å²) >= 11 is 0. The molecular formula is C16H33NaO5S. The molecule has 0 aliphatic heterocycles. The van der Waals surface area contributed by atoms with Gasteiger partial charge in [0.05, 0.1) is 35.7 Å². The van der Waals surface area contributed by atoms with Crippen LogP contribution in [0.3, 0.4) is 0 Å². The van der Waals surface area contributed by atoms with Gasteiger partial charge in [-0.25, -0.2) is 8.42 Å². The van der Waals surface area contributed by atoms with Crippen LogP contribution in [-0.4, -0.2) is 45.2 Å². The predicted molar refractivity (Wildman–Crippen MR) is 88.0 cm³/mol. The van der Waals surface area contributed by atoms with Gasteiger partial charge in [-0.15, -0.1) is 0 Å². The number of rotatable bonds is 17. The second-order valence-corrected chi connectivity index (χ2v) is 7.19. The third-order valence-corrected chi connectivity index (χ3v) is 4.16. The van der Waals surface area contributed by atoms with E-state index in [-0.39, 0.29) is 36.2 Å². The molecule has 0 atom stereocenters. The molecule has 0 N–H and O–H groups in total. The largest absolute Gasteiger partial charge is 1.00 e. The first-order valence-corrected chi connectivity index (χ1v) is 10.2. The van der Waals surface area contributed by atoms with E-state index in [1.807, 2.05) is 0 Å². The van der Waals surface area contributed by atoms with E-state index in [0.717, 1.165) is 13.0 Å². The van der Waals surface area contributed by atoms with Gasteiger partial charge in [0.25, 0.3) is 0 Å². The molecule has 23 heavy (non-hydrogen) atoms. The fraction of sp³-hybridized carbons (Fsp3) is 1.00. The molecule has 0 aromatic heterocycles. The van der Waals surface area contributed by atoms with E-state index in [0.29, 0.717) is 13.2 Å². The summed E-state index contributed by atoms with van der Waals surface area (Å²) in [5.74, 6) is -0.467. The van der Waals surface area contributed by atoms with Crippen LogP contribution in [0.5, 0.6) is 0 Å². The van der Waals surface area contributed by atoms with Gasteiger partial charge in [-0.3, -0.25) is 0 Å². The van der Waals surface area contributed by atoms with Crippen LogP contribution in [-0.2, 0) is 19.6 Å². The Morgan fingerprint density at radius 1 is 0.696 bits per heavy atom. The molecule has 0 rings (SSSR count). The maximum Gasteiger partial charge on any atom is 1.00 e. The fourth-order valence-electron chi connectivity index (χ4n) is 2.17. The molecule has 0 aromatic rings. The van der Waals surface area contributed by atoms with Gasteiger partial charge >= 0.3 is 29.6 Å². The molecule has 134 valence electrons. The average molecular weight is 360 g/mol. The maximum atomic E-state index is 10.3. The summed E-state index contributed by atoms with van der Waals surface area (Å²) in [5.41, 5.74) is 0. The molecule has 0 radical (unpaired) electrons. The van der Waals surface area contributed by atoms with Gasteiger partial charge in [-0.2, -0.15) is 0 Å². The first-order chi connectivity index (χ1) is 10.6. The summed E-state index contributed by atoms with van der Waals surface area (Å²) in [6.07, 6.45) is 13.0. The van der Waals surface area contributed by atoms with Gasteiger partial charge in [-0.1, -0.05) is 64.7 Å². The summed E-state index contributed by atoms with van der Waals surface area (Å²) in [6.45, 7) is 3.71. The van der Waals surface area contributed by atoms with Crippen molar-refractivity contribution in [2.24, 2.45) is 0 Å². The summed E-state index contributed by atoms with van der Waals surface area (Å²) in [6, 6.07) is 0. The quantitative estimate of drug-likeness (QED) is 0.214. The average Bonchev–Trinajstić information content (AvgIpc) is 2.45. The van der Waals surface area contributed by atoms with E-state index in [2.05, 4.69) is 6.92 Å². The van der Waals surface area contributed by atoms with E-state index in [1.54, 1.807) is 0 Å². The SMILES string of the molecule is CCCCCCCCCCCCOCCOCCS(=O)(=O)[O-].[Na+]. The first kappa shape index (κ1) is 26.1. The van der Waals surface area contributed by atoms with Gasteiger partial charge < -0.3 is 14.0 Å². The minimum atomic E-state index is -4.16. The molecule has 0 saturated heterocycles. The zero-order valence-corrected chi connectivity index (χ0v) is 17.9. The van der Waals surface area contributed by atoms with Crippen LogP contribution in [0.15, 0.2) is 0 Å². The zero-order valence-electron chi connectivity index (χ0n) is 15.1. The van der Waals surface area contributed by atoms with Crippen molar-refractivity contribution in [3.05, 3.63) is 0 Å². The standard InChI is InChI=1S/C16H34O5S.Na/c1-2-3-4-5-6-7-8-9-10-11-12-20-13-14-21-15-16-22(17,18)19;/h2-16H2,1H3,(H,17,18,19);/q;+1/p-1. The van der Waals surface area contributed by atoms with Gasteiger partial charge in [0, 0.05) is 6.61 Å². The molecule has 0 saturated carbocycles. The Hall–Kier alpha value is 0.830. The van der Waals surface area contributed by atoms with Gasteiger partial charge in [0.15, 0.2) is 0 Å². The Morgan fingerprint density at radius 3 is 1.61 bits per heavy atom. The van der Waals surface area contributed by atoms with Crippen molar-refractivity contribution in [1.29, 1.82) is 0 Å². The summed E-state index contributed by atoms with van der Waals surface area (Å²) in [5, 5.41) is 0. The first-order valence-electron chi connectivity index (χ1n) is 8.65. The predicted octanol–water partition coefficient (Wildman–Crippen LogP) is 0.490. The van der Waals surface area contributed by atoms with Crippen molar-refractivity contribution in [3.63, 3.8) is 0 Å². The van der Waals surface area contributed by atoms with Crippen molar-refractivity contribution in [1.82, 2.24) is 0 Å². The normalized spacial score (nSPS) is 11.4. The van der Waals surface area contributed by atoms with Crippen LogP contribution in [0.25, 0.3) is 0 Å². The Bertz CT molecular complexity index is 322. The van der Waals surface area contributed by atoms with Gasteiger partial charge in [-0.05, 0) is 6.42 Å². The Labute approximate surface area is 164 Å². The van der Waals surface area contributed by atoms with Crippen LogP contribution >= 0.6 is 0 Å². The number of hydrogen-bond donors (Lipinski definition) is 0. The number of ether oxygens (including phenoxy) is 2. The van der Waals surface area contributed by atoms with Crippen LogP contribution in [0.4, 0.5) is 0 Å². The van der Waals surface area contributed by atoms with E-state index in [1.165, 1.54) is 57.8 Å². The fourth-order valence-corrected chi connectivity index (χ4v) is 2.50. The molecule has 0 fully saturated rings. The minimum absolute atomic E-state index is 0. The molecule has 0 aromatic carbocycles. The molecule has 0 spiro atoms. The second-order valence-electron chi connectivity index (χ2n) is 5.67. The van der Waals surface area contributed by atoms with Crippen molar-refractivity contribution >= 4 is 10.1 Å². The van der Waals surface area contributed by atoms with E-state index >= 15 is 0 Å². The van der Waals surface area contributed by atoms with E-state index in [4.69, 9.17) is 9.47 Å². The Kier molecular flexibility index (Phi) is 21.7. The molecule has 5 nitrogen and oxygen atoms in total. The number of unbranched alkanes of at least 4 members (excludes halogenated alkanes) is 9. The van der Waals surface area contributed by atoms with Crippen molar-refractivity contribution in [2.45, 2.75) is 71.1 Å². The van der Waals surface area contributed by atoms with E-state index in [9.17, 15) is 13.0 Å². The van der Waals surface area contributed by atoms with Gasteiger partial charge in [0.1, 0.15) is 0 Å². The van der Waals surface area contributed by atoms with Crippen LogP contribution in [0.1, 0.15) is 71.1 Å². The molecule has 0 aliphatic rings. The zero-order chi connectivity index (χ0) is 16.5. The third kappa shape index (κ3) is 25.2. The third-order valence-electron chi connectivity index (χ3n) is 3.49. The van der Waals surface area contributed by atoms with E-state index < -0.39 is 15.9 Å². The Morgan fingerprint density at radius 2 is 1.13 bits per heavy atom. The monoisotopic (exact) mass is 360 g/mol. The number of hydrogen-bond acceptors (Lipinski definition) is 5. The van der Waals surface area contributed by atoms with Crippen LogP contribution in [0.2, 0.25) is 0 Å². The molecule has 0 aliphatic carbocycles. The maximum absolute atomic E-state index is 10.3. The van der Waals surface area contributed by atoms with Crippen molar-refractivity contribution < 1.29 is 52.0 Å². The van der Waals surface area contributed by atoms with Crippen molar-refractivity contribution in [3.8, 4) is 0 Å². The molecule has 0 heterocycles. The summed E-state index contributed by atoms with van der Waals surface area (Å²) in [7, 11) is -4.16. The molecule has 0 bridgehead atoms. The molecule has 0 unspecified atom stereocenters. The second kappa shape index (κ2) is 19.2. The topological polar surface area (TPSA) is 75.7 Å². The molecule has 0 amide bonds. The molecule has 7 heteroatoms. The smallest absolute Gasteiger partial charge is 0.748 e. The molecular weight excluding hydrogens is 327 g/mol. The summed E-state index contributed by atoms with van der Waals surface area (Å²) in [4.78, 5) is 0.